The van der Waals surface area contributed by atoms with Crippen LogP contribution in [0.25, 0.3) is 33.3 Å². The Bertz CT molecular complexity index is 1920. The number of aromatic nitrogens is 5. The quantitative estimate of drug-likeness (QED) is 0.322. The van der Waals surface area contributed by atoms with E-state index in [9.17, 15) is 19.6 Å². The Hall–Kier alpha value is -5.03. The van der Waals surface area contributed by atoms with Gasteiger partial charge in [0, 0.05) is 31.1 Å². The predicted octanol–water partition coefficient (Wildman–Crippen LogP) is 4.23. The lowest BCUT2D eigenvalue weighted by molar-refractivity contribution is -0.122. The maximum atomic E-state index is 15.8. The maximum absolute atomic E-state index is 15.8. The van der Waals surface area contributed by atoms with Crippen LogP contribution in [0.2, 0.25) is 0 Å². The first-order valence-corrected chi connectivity index (χ1v) is 13.5. The van der Waals surface area contributed by atoms with Crippen molar-refractivity contribution in [3.63, 3.8) is 0 Å². The van der Waals surface area contributed by atoms with Crippen molar-refractivity contribution in [2.24, 2.45) is 7.05 Å². The fraction of sp³-hybridized carbons (Fsp3) is 0.321. The zero-order chi connectivity index (χ0) is 31.4. The Morgan fingerprint density at radius 3 is 2.70 bits per heavy atom. The molecule has 0 radical (unpaired) electrons. The summed E-state index contributed by atoms with van der Waals surface area (Å²) < 4.78 is 28.4. The Labute approximate surface area is 249 Å². The Morgan fingerprint density at radius 2 is 2.05 bits per heavy atom. The summed E-state index contributed by atoms with van der Waals surface area (Å²) in [4.78, 5) is 43.9. The summed E-state index contributed by atoms with van der Waals surface area (Å²) in [6.45, 7) is 6.59. The summed E-state index contributed by atoms with van der Waals surface area (Å²) >= 11 is 6.16. The van der Waals surface area contributed by atoms with E-state index in [-0.39, 0.29) is 62.0 Å². The third kappa shape index (κ3) is 5.12. The number of hydrogen-bond acceptors (Lipinski definition) is 9. The molecule has 43 heavy (non-hydrogen) atoms. The minimum atomic E-state index is -0.920. The third-order valence-corrected chi connectivity index (χ3v) is 6.91. The summed E-state index contributed by atoms with van der Waals surface area (Å²) in [5.41, 5.74) is -0.902. The van der Waals surface area contributed by atoms with Crippen molar-refractivity contribution >= 4 is 45.9 Å². The molecule has 0 saturated heterocycles. The van der Waals surface area contributed by atoms with Gasteiger partial charge in [-0.25, -0.2) is 19.3 Å². The molecular weight excluding hydrogens is 583 g/mol. The van der Waals surface area contributed by atoms with Crippen LogP contribution in [-0.2, 0) is 22.5 Å². The van der Waals surface area contributed by atoms with E-state index < -0.39 is 35.1 Å². The van der Waals surface area contributed by atoms with Crippen LogP contribution in [0.3, 0.4) is 0 Å². The van der Waals surface area contributed by atoms with Gasteiger partial charge in [-0.2, -0.15) is 15.5 Å². The third-order valence-electron chi connectivity index (χ3n) is 6.66. The number of hydrogen-bond donors (Lipinski definition) is 2. The molecule has 0 unspecified atom stereocenters. The van der Waals surface area contributed by atoms with Crippen LogP contribution < -0.4 is 20.5 Å². The number of benzene rings is 1. The minimum absolute atomic E-state index is 0.00938. The van der Waals surface area contributed by atoms with Gasteiger partial charge in [-0.1, -0.05) is 0 Å². The number of nitrogens with one attached hydrogen (secondary N) is 2. The molecule has 3 aromatic heterocycles. The normalized spacial score (nSPS) is 14.5. The molecule has 15 heteroatoms. The van der Waals surface area contributed by atoms with Crippen LogP contribution >= 0.6 is 11.6 Å². The molecule has 222 valence electrons. The molecule has 2 N–H and O–H groups in total. The summed E-state index contributed by atoms with van der Waals surface area (Å²) in [5.74, 6) is -1.46. The lowest BCUT2D eigenvalue weighted by atomic mass is 9.96. The first kappa shape index (κ1) is 29.5. The second-order valence-electron chi connectivity index (χ2n) is 10.8. The summed E-state index contributed by atoms with van der Waals surface area (Å²) in [5, 5.41) is 23.7. The number of amides is 2. The van der Waals surface area contributed by atoms with Crippen LogP contribution in [0.4, 0.5) is 20.7 Å². The lowest BCUT2D eigenvalue weighted by Crippen LogP contribution is -2.35. The number of carbonyl (C=O) groups excluding carboxylic acids is 2. The van der Waals surface area contributed by atoms with E-state index in [1.54, 1.807) is 27.8 Å². The Morgan fingerprint density at radius 1 is 1.33 bits per heavy atom. The van der Waals surface area contributed by atoms with Gasteiger partial charge in [0.05, 0.1) is 45.8 Å². The molecule has 0 saturated carbocycles. The van der Waals surface area contributed by atoms with Gasteiger partial charge in [-0.15, -0.1) is 11.6 Å². The molecule has 13 nitrogen and oxygen atoms in total. The monoisotopic (exact) mass is 608 g/mol. The molecule has 1 aliphatic rings. The number of rotatable bonds is 4. The van der Waals surface area contributed by atoms with Crippen molar-refractivity contribution in [1.29, 1.82) is 5.26 Å². The number of nitrogens with zero attached hydrogens (tertiary/aromatic N) is 6. The molecule has 2 amide bonds. The van der Waals surface area contributed by atoms with Gasteiger partial charge in [0.25, 0.3) is 11.5 Å². The van der Waals surface area contributed by atoms with Crippen molar-refractivity contribution in [3.8, 4) is 34.3 Å². The molecule has 0 fully saturated rings. The highest BCUT2D eigenvalue weighted by molar-refractivity contribution is 6.18. The highest BCUT2D eigenvalue weighted by Gasteiger charge is 2.33. The fourth-order valence-electron chi connectivity index (χ4n) is 4.69. The molecule has 5 rings (SSSR count). The number of pyridine rings is 1. The van der Waals surface area contributed by atoms with Crippen LogP contribution in [0, 0.1) is 17.1 Å². The average Bonchev–Trinajstić information content (AvgIpc) is 3.32. The standard InChI is InChI=1S/C28H26ClFN8O5/c1-12-25(39)34-18-8-16(30)20(14(10-31)23(18)42-12)22-15(11-32-38(22)6)17-7-13-19(9-29)35-36-26(40)21(13)24(33-17)37(5)27(41)43-28(2,3)4/h7-8,11-12H,9H2,1-6H3,(H,34,39)(H,36,40)/t12-/m0/s1. The van der Waals surface area contributed by atoms with Crippen LogP contribution in [0.5, 0.6) is 5.75 Å². The first-order chi connectivity index (χ1) is 20.2. The SMILES string of the molecule is C[C@@H]1Oc2c(cc(F)c(-c3c(-c4cc5c(CCl)n[nH]c(=O)c5c(N(C)C(=O)OC(C)(C)C)n4)cnn3C)c2C#N)NC1=O. The second kappa shape index (κ2) is 10.7. The zero-order valence-corrected chi connectivity index (χ0v) is 24.8. The van der Waals surface area contributed by atoms with Gasteiger partial charge in [-0.05, 0) is 33.8 Å². The van der Waals surface area contributed by atoms with Gasteiger partial charge in [0.15, 0.2) is 17.7 Å². The second-order valence-corrected chi connectivity index (χ2v) is 11.1. The summed E-state index contributed by atoms with van der Waals surface area (Å²) in [7, 11) is 2.95. The Kier molecular flexibility index (Phi) is 7.31. The average molecular weight is 609 g/mol. The van der Waals surface area contributed by atoms with Gasteiger partial charge in [-0.3, -0.25) is 19.2 Å². The van der Waals surface area contributed by atoms with E-state index in [0.717, 1.165) is 11.0 Å². The van der Waals surface area contributed by atoms with Crippen LogP contribution in [-0.4, -0.2) is 55.7 Å². The van der Waals surface area contributed by atoms with Gasteiger partial charge >= 0.3 is 6.09 Å². The number of ether oxygens (including phenoxy) is 2. The molecule has 1 atom stereocenters. The molecule has 0 aliphatic carbocycles. The van der Waals surface area contributed by atoms with Gasteiger partial charge < -0.3 is 14.8 Å². The highest BCUT2D eigenvalue weighted by atomic mass is 35.5. The van der Waals surface area contributed by atoms with Crippen molar-refractivity contribution in [2.75, 3.05) is 17.3 Å². The lowest BCUT2D eigenvalue weighted by Gasteiger charge is -2.26. The summed E-state index contributed by atoms with van der Waals surface area (Å²) in [6, 6.07) is 4.59. The largest absolute Gasteiger partial charge is 0.477 e. The number of fused-ring (bicyclic) bond motifs is 2. The number of aromatic amines is 1. The van der Waals surface area contributed by atoms with Crippen molar-refractivity contribution in [3.05, 3.63) is 45.8 Å². The van der Waals surface area contributed by atoms with Crippen LogP contribution in [0.1, 0.15) is 39.0 Å². The number of carbonyl (C=O) groups is 2. The molecule has 4 aromatic rings. The maximum Gasteiger partial charge on any atom is 0.415 e. The molecule has 1 aliphatic heterocycles. The highest BCUT2D eigenvalue weighted by Crippen LogP contribution is 2.44. The van der Waals surface area contributed by atoms with Gasteiger partial charge in [0.1, 0.15) is 23.1 Å². The molecule has 0 bridgehead atoms. The number of anilines is 2. The minimum Gasteiger partial charge on any atom is -0.477 e. The zero-order valence-electron chi connectivity index (χ0n) is 24.0. The summed E-state index contributed by atoms with van der Waals surface area (Å²) in [6.07, 6.45) is -0.293. The molecule has 0 spiro atoms. The van der Waals surface area contributed by atoms with Crippen LogP contribution in [0.15, 0.2) is 23.1 Å². The predicted molar refractivity (Wildman–Crippen MR) is 155 cm³/mol. The van der Waals surface area contributed by atoms with Crippen molar-refractivity contribution in [2.45, 2.75) is 45.3 Å². The number of halogens is 2. The van der Waals surface area contributed by atoms with E-state index in [4.69, 9.17) is 21.1 Å². The molecule has 4 heterocycles. The van der Waals surface area contributed by atoms with Gasteiger partial charge in [0.2, 0.25) is 0 Å². The molecular formula is C28H26ClFN8O5. The van der Waals surface area contributed by atoms with Crippen molar-refractivity contribution in [1.82, 2.24) is 25.0 Å². The number of H-pyrrole nitrogens is 1. The number of alkyl halides is 1. The number of nitriles is 1. The first-order valence-electron chi connectivity index (χ1n) is 13.0. The van der Waals surface area contributed by atoms with E-state index >= 15 is 4.39 Å². The van der Waals surface area contributed by atoms with E-state index in [0.29, 0.717) is 5.69 Å². The van der Waals surface area contributed by atoms with E-state index in [2.05, 4.69) is 25.6 Å². The number of aryl methyl sites for hydroxylation is 1. The topological polar surface area (TPSA) is 168 Å². The van der Waals surface area contributed by atoms with Crippen molar-refractivity contribution < 1.29 is 23.5 Å². The Balaban J connectivity index is 1.80. The molecule has 1 aromatic carbocycles. The van der Waals surface area contributed by atoms with E-state index in [1.807, 2.05) is 6.07 Å². The van der Waals surface area contributed by atoms with E-state index in [1.165, 1.54) is 30.9 Å². The fourth-order valence-corrected chi connectivity index (χ4v) is 4.89. The smallest absolute Gasteiger partial charge is 0.415 e.